The van der Waals surface area contributed by atoms with Gasteiger partial charge in [-0.05, 0) is 65.6 Å². The number of carbonyl (C=O) groups is 2. The second-order valence-corrected chi connectivity index (χ2v) is 12.3. The lowest BCUT2D eigenvalue weighted by Crippen LogP contribution is -2.13. The van der Waals surface area contributed by atoms with Gasteiger partial charge in [0.25, 0.3) is 0 Å². The maximum absolute atomic E-state index is 13.5. The molecule has 6 nitrogen and oxygen atoms in total. The van der Waals surface area contributed by atoms with Crippen LogP contribution in [0.2, 0.25) is 0 Å². The van der Waals surface area contributed by atoms with E-state index in [1.807, 2.05) is 61.7 Å². The zero-order chi connectivity index (χ0) is 28.0. The van der Waals surface area contributed by atoms with E-state index in [0.29, 0.717) is 35.6 Å². The number of hydrogen-bond donors (Lipinski definition) is 0. The lowest BCUT2D eigenvalue weighted by atomic mass is 9.93. The molecule has 0 saturated heterocycles. The molecular formula is C33H27NO5S. The molecule has 200 valence electrons. The van der Waals surface area contributed by atoms with Gasteiger partial charge in [0.15, 0.2) is 21.4 Å². The molecule has 6 rings (SSSR count). The van der Waals surface area contributed by atoms with Crippen LogP contribution in [0.4, 0.5) is 0 Å². The summed E-state index contributed by atoms with van der Waals surface area (Å²) in [7, 11) is -3.27. The van der Waals surface area contributed by atoms with E-state index >= 15 is 0 Å². The third kappa shape index (κ3) is 4.73. The van der Waals surface area contributed by atoms with Crippen LogP contribution in [0.25, 0.3) is 10.9 Å². The summed E-state index contributed by atoms with van der Waals surface area (Å²) in [6.07, 6.45) is 3.22. The monoisotopic (exact) mass is 549 g/mol. The average Bonchev–Trinajstić information content (AvgIpc) is 3.39. The Morgan fingerprint density at radius 3 is 2.25 bits per heavy atom. The highest BCUT2D eigenvalue weighted by Gasteiger charge is 2.40. The van der Waals surface area contributed by atoms with Crippen molar-refractivity contribution in [3.63, 3.8) is 0 Å². The SMILES string of the molecule is Cc1cn(Cc2ccc(S(C)(=O)=O)cc2)c2cc(C3C(=O)c4ccc(OCc5ccccc5)cc4C3=O)ccc12. The summed E-state index contributed by atoms with van der Waals surface area (Å²) in [5.41, 5.74) is 5.39. The van der Waals surface area contributed by atoms with Crippen molar-refractivity contribution < 1.29 is 22.7 Å². The summed E-state index contributed by atoms with van der Waals surface area (Å²) in [5, 5.41) is 1.03. The Morgan fingerprint density at radius 2 is 1.52 bits per heavy atom. The average molecular weight is 550 g/mol. The van der Waals surface area contributed by atoms with E-state index < -0.39 is 15.8 Å². The van der Waals surface area contributed by atoms with E-state index in [2.05, 4.69) is 4.57 Å². The van der Waals surface area contributed by atoms with Gasteiger partial charge in [0.1, 0.15) is 18.3 Å². The molecule has 0 aliphatic heterocycles. The number of rotatable bonds is 7. The Labute approximate surface area is 232 Å². The second kappa shape index (κ2) is 9.92. The minimum atomic E-state index is -3.27. The molecule has 0 amide bonds. The summed E-state index contributed by atoms with van der Waals surface area (Å²) in [6, 6.07) is 27.4. The minimum Gasteiger partial charge on any atom is -0.489 e. The molecule has 1 unspecified atom stereocenters. The third-order valence-electron chi connectivity index (χ3n) is 7.44. The highest BCUT2D eigenvalue weighted by atomic mass is 32.2. The van der Waals surface area contributed by atoms with Gasteiger partial charge in [-0.3, -0.25) is 9.59 Å². The Morgan fingerprint density at radius 1 is 0.800 bits per heavy atom. The summed E-state index contributed by atoms with van der Waals surface area (Å²) in [6.45, 7) is 2.91. The zero-order valence-electron chi connectivity index (χ0n) is 22.1. The van der Waals surface area contributed by atoms with Crippen molar-refractivity contribution in [3.8, 4) is 5.75 Å². The highest BCUT2D eigenvalue weighted by Crippen LogP contribution is 2.37. The fourth-order valence-corrected chi connectivity index (χ4v) is 5.98. The van der Waals surface area contributed by atoms with E-state index in [0.717, 1.165) is 27.6 Å². The number of ether oxygens (including phenoxy) is 1. The first-order valence-electron chi connectivity index (χ1n) is 13.0. The van der Waals surface area contributed by atoms with Crippen LogP contribution >= 0.6 is 0 Å². The number of nitrogens with zero attached hydrogens (tertiary/aromatic N) is 1. The Kier molecular flexibility index (Phi) is 6.39. The number of ketones is 2. The van der Waals surface area contributed by atoms with Gasteiger partial charge in [-0.25, -0.2) is 8.42 Å². The lowest BCUT2D eigenvalue weighted by molar-refractivity contribution is 0.0890. The van der Waals surface area contributed by atoms with Crippen molar-refractivity contribution in [1.82, 2.24) is 4.57 Å². The van der Waals surface area contributed by atoms with Gasteiger partial charge >= 0.3 is 0 Å². The van der Waals surface area contributed by atoms with Gasteiger partial charge in [-0.1, -0.05) is 54.6 Å². The van der Waals surface area contributed by atoms with E-state index in [1.54, 1.807) is 42.5 Å². The molecule has 0 bridgehead atoms. The van der Waals surface area contributed by atoms with Gasteiger partial charge in [0.05, 0.1) is 4.90 Å². The van der Waals surface area contributed by atoms with Gasteiger partial charge in [-0.2, -0.15) is 0 Å². The van der Waals surface area contributed by atoms with Crippen molar-refractivity contribution in [1.29, 1.82) is 0 Å². The number of carbonyl (C=O) groups excluding carboxylic acids is 2. The number of aromatic nitrogens is 1. The van der Waals surface area contributed by atoms with Crippen LogP contribution in [0.15, 0.2) is 102 Å². The molecule has 5 aromatic rings. The summed E-state index contributed by atoms with van der Waals surface area (Å²) >= 11 is 0. The van der Waals surface area contributed by atoms with E-state index in [-0.39, 0.29) is 16.5 Å². The van der Waals surface area contributed by atoms with Crippen LogP contribution < -0.4 is 4.74 Å². The molecule has 1 heterocycles. The molecule has 0 fully saturated rings. The standard InChI is InChI=1S/C33H27NO5S/c1-21-18-34(19-22-8-12-26(13-9-22)40(2,37)38)30-16-24(10-14-27(21)30)31-32(35)28-15-11-25(17-29(28)33(31)36)39-20-23-6-4-3-5-7-23/h3-18,31H,19-20H2,1-2H3. The van der Waals surface area contributed by atoms with Crippen LogP contribution in [-0.2, 0) is 23.0 Å². The number of fused-ring (bicyclic) bond motifs is 2. The molecule has 1 aromatic heterocycles. The summed E-state index contributed by atoms with van der Waals surface area (Å²) < 4.78 is 31.6. The minimum absolute atomic E-state index is 0.208. The first kappa shape index (κ1) is 25.8. The van der Waals surface area contributed by atoms with Gasteiger partial charge in [-0.15, -0.1) is 0 Å². The molecule has 4 aromatic carbocycles. The van der Waals surface area contributed by atoms with Gasteiger partial charge < -0.3 is 9.30 Å². The number of aryl methyl sites for hydroxylation is 1. The predicted molar refractivity (Wildman–Crippen MR) is 154 cm³/mol. The molecule has 0 radical (unpaired) electrons. The topological polar surface area (TPSA) is 82.4 Å². The van der Waals surface area contributed by atoms with Crippen molar-refractivity contribution in [3.05, 3.63) is 131 Å². The van der Waals surface area contributed by atoms with Crippen LogP contribution in [0.3, 0.4) is 0 Å². The van der Waals surface area contributed by atoms with E-state index in [9.17, 15) is 18.0 Å². The number of sulfone groups is 1. The van der Waals surface area contributed by atoms with Crippen molar-refractivity contribution in [2.75, 3.05) is 6.26 Å². The van der Waals surface area contributed by atoms with Crippen molar-refractivity contribution in [2.45, 2.75) is 30.9 Å². The van der Waals surface area contributed by atoms with Crippen molar-refractivity contribution in [2.24, 2.45) is 0 Å². The van der Waals surface area contributed by atoms with Crippen LogP contribution in [0.5, 0.6) is 5.75 Å². The summed E-state index contributed by atoms with van der Waals surface area (Å²) in [5.74, 6) is -0.788. The Hall–Kier alpha value is -4.49. The van der Waals surface area contributed by atoms with Gasteiger partial charge in [0, 0.05) is 41.0 Å². The number of benzene rings is 4. The number of hydrogen-bond acceptors (Lipinski definition) is 5. The molecular weight excluding hydrogens is 522 g/mol. The maximum atomic E-state index is 13.5. The van der Waals surface area contributed by atoms with Crippen molar-refractivity contribution >= 4 is 32.3 Å². The molecule has 7 heteroatoms. The normalized spacial score (nSPS) is 15.0. The molecule has 0 saturated carbocycles. The molecule has 1 atom stereocenters. The highest BCUT2D eigenvalue weighted by molar-refractivity contribution is 7.90. The van der Waals surface area contributed by atoms with E-state index in [1.165, 1.54) is 6.26 Å². The van der Waals surface area contributed by atoms with Crippen LogP contribution in [-0.4, -0.2) is 30.8 Å². The van der Waals surface area contributed by atoms with Crippen LogP contribution in [0, 0.1) is 6.92 Å². The zero-order valence-corrected chi connectivity index (χ0v) is 22.9. The molecule has 0 spiro atoms. The molecule has 1 aliphatic carbocycles. The smallest absolute Gasteiger partial charge is 0.178 e. The summed E-state index contributed by atoms with van der Waals surface area (Å²) in [4.78, 5) is 27.2. The first-order valence-corrected chi connectivity index (χ1v) is 14.9. The van der Waals surface area contributed by atoms with Crippen LogP contribution in [0.1, 0.15) is 48.9 Å². The molecule has 40 heavy (non-hydrogen) atoms. The van der Waals surface area contributed by atoms with E-state index in [4.69, 9.17) is 4.74 Å². The molecule has 1 aliphatic rings. The largest absolute Gasteiger partial charge is 0.489 e. The quantitative estimate of drug-likeness (QED) is 0.228. The fraction of sp³-hybridized carbons (Fsp3) is 0.152. The molecule has 0 N–H and O–H groups in total. The maximum Gasteiger partial charge on any atom is 0.178 e. The van der Waals surface area contributed by atoms with Gasteiger partial charge in [0.2, 0.25) is 0 Å². The Bertz CT molecular complexity index is 1890. The second-order valence-electron chi connectivity index (χ2n) is 10.3. The fourth-order valence-electron chi connectivity index (χ4n) is 5.35. The first-order chi connectivity index (χ1) is 19.2. The Balaban J connectivity index is 1.28. The number of Topliss-reactive ketones (excluding diaryl/α,β-unsaturated/α-hetero) is 2. The lowest BCUT2D eigenvalue weighted by Gasteiger charge is -2.11. The predicted octanol–water partition coefficient (Wildman–Crippen LogP) is 6.14. The third-order valence-corrected chi connectivity index (χ3v) is 8.57.